The van der Waals surface area contributed by atoms with Crippen molar-refractivity contribution < 1.29 is 4.74 Å². The van der Waals surface area contributed by atoms with Crippen molar-refractivity contribution in [2.24, 2.45) is 0 Å². The van der Waals surface area contributed by atoms with Gasteiger partial charge in [0.15, 0.2) is 0 Å². The zero-order chi connectivity index (χ0) is 7.28. The van der Waals surface area contributed by atoms with E-state index in [0.29, 0.717) is 0 Å². The fourth-order valence-electron chi connectivity index (χ4n) is 0.810. The van der Waals surface area contributed by atoms with E-state index in [2.05, 4.69) is 13.5 Å². The SMILES string of the molecule is C=C(C)[C@H](CC)OCC. The molecule has 1 nitrogen and oxygen atoms in total. The zero-order valence-electron chi connectivity index (χ0n) is 6.61. The molecule has 9 heavy (non-hydrogen) atoms. The van der Waals surface area contributed by atoms with Crippen molar-refractivity contribution in [1.29, 1.82) is 0 Å². The Hall–Kier alpha value is -0.300. The van der Waals surface area contributed by atoms with E-state index >= 15 is 0 Å². The molecule has 0 spiro atoms. The molecule has 0 rings (SSSR count). The molecule has 0 unspecified atom stereocenters. The molecule has 0 aromatic carbocycles. The lowest BCUT2D eigenvalue weighted by Gasteiger charge is -2.13. The van der Waals surface area contributed by atoms with Crippen molar-refractivity contribution >= 4 is 0 Å². The van der Waals surface area contributed by atoms with Crippen LogP contribution in [-0.4, -0.2) is 12.7 Å². The maximum absolute atomic E-state index is 5.35. The summed E-state index contributed by atoms with van der Waals surface area (Å²) in [6.07, 6.45) is 1.30. The largest absolute Gasteiger partial charge is 0.374 e. The van der Waals surface area contributed by atoms with Crippen molar-refractivity contribution in [3.05, 3.63) is 12.2 Å². The standard InChI is InChI=1S/C8H16O/c1-5-8(7(3)4)9-6-2/h8H,3,5-6H2,1-2,4H3/t8-/m0/s1. The fourth-order valence-corrected chi connectivity index (χ4v) is 0.810. The van der Waals surface area contributed by atoms with Gasteiger partial charge in [0, 0.05) is 6.61 Å². The zero-order valence-corrected chi connectivity index (χ0v) is 6.61. The van der Waals surface area contributed by atoms with Gasteiger partial charge in [0.25, 0.3) is 0 Å². The number of hydrogen-bond acceptors (Lipinski definition) is 1. The maximum atomic E-state index is 5.35. The summed E-state index contributed by atoms with van der Waals surface area (Å²) in [5.74, 6) is 0. The highest BCUT2D eigenvalue weighted by atomic mass is 16.5. The van der Waals surface area contributed by atoms with Crippen molar-refractivity contribution in [3.8, 4) is 0 Å². The Labute approximate surface area is 57.7 Å². The van der Waals surface area contributed by atoms with Gasteiger partial charge in [-0.15, -0.1) is 0 Å². The maximum Gasteiger partial charge on any atom is 0.0776 e. The van der Waals surface area contributed by atoms with E-state index in [0.717, 1.165) is 18.6 Å². The molecule has 0 aromatic heterocycles. The molecular weight excluding hydrogens is 112 g/mol. The predicted octanol–water partition coefficient (Wildman–Crippen LogP) is 2.38. The van der Waals surface area contributed by atoms with Crippen LogP contribution in [0.1, 0.15) is 27.2 Å². The van der Waals surface area contributed by atoms with E-state index in [9.17, 15) is 0 Å². The van der Waals surface area contributed by atoms with Crippen LogP contribution >= 0.6 is 0 Å². The minimum absolute atomic E-state index is 0.273. The Kier molecular flexibility index (Phi) is 4.41. The van der Waals surface area contributed by atoms with Crippen LogP contribution in [0.4, 0.5) is 0 Å². The van der Waals surface area contributed by atoms with Crippen molar-refractivity contribution in [3.63, 3.8) is 0 Å². The van der Waals surface area contributed by atoms with Gasteiger partial charge >= 0.3 is 0 Å². The van der Waals surface area contributed by atoms with E-state index in [4.69, 9.17) is 4.74 Å². The molecule has 0 aromatic rings. The van der Waals surface area contributed by atoms with Crippen LogP contribution in [0.25, 0.3) is 0 Å². The van der Waals surface area contributed by atoms with Crippen LogP contribution in [0.2, 0.25) is 0 Å². The monoisotopic (exact) mass is 128 g/mol. The summed E-state index contributed by atoms with van der Waals surface area (Å²) >= 11 is 0. The molecule has 0 aliphatic rings. The first-order valence-electron chi connectivity index (χ1n) is 3.49. The molecule has 0 radical (unpaired) electrons. The molecule has 0 aliphatic carbocycles. The highest BCUT2D eigenvalue weighted by Crippen LogP contribution is 2.06. The van der Waals surface area contributed by atoms with Gasteiger partial charge in [-0.1, -0.05) is 19.1 Å². The number of ether oxygens (including phenoxy) is 1. The van der Waals surface area contributed by atoms with Crippen LogP contribution in [-0.2, 0) is 4.74 Å². The molecule has 0 N–H and O–H groups in total. The fraction of sp³-hybridized carbons (Fsp3) is 0.750. The Bertz CT molecular complexity index is 86.6. The average Bonchev–Trinajstić information content (AvgIpc) is 1.82. The third-order valence-corrected chi connectivity index (χ3v) is 1.29. The van der Waals surface area contributed by atoms with Gasteiger partial charge in [0.2, 0.25) is 0 Å². The van der Waals surface area contributed by atoms with Crippen molar-refractivity contribution in [1.82, 2.24) is 0 Å². The van der Waals surface area contributed by atoms with E-state index in [1.54, 1.807) is 0 Å². The van der Waals surface area contributed by atoms with Crippen LogP contribution in [0, 0.1) is 0 Å². The third kappa shape index (κ3) is 3.31. The Morgan fingerprint density at radius 2 is 2.11 bits per heavy atom. The lowest BCUT2D eigenvalue weighted by atomic mass is 10.1. The molecule has 0 saturated heterocycles. The molecular formula is C8H16O. The van der Waals surface area contributed by atoms with Gasteiger partial charge in [0.05, 0.1) is 6.10 Å². The number of rotatable bonds is 4. The molecule has 0 saturated carbocycles. The molecule has 0 heterocycles. The van der Waals surface area contributed by atoms with Crippen LogP contribution in [0.3, 0.4) is 0 Å². The molecule has 0 bridgehead atoms. The second kappa shape index (κ2) is 4.57. The normalized spacial score (nSPS) is 13.2. The summed E-state index contributed by atoms with van der Waals surface area (Å²) in [7, 11) is 0. The Morgan fingerprint density at radius 3 is 2.22 bits per heavy atom. The van der Waals surface area contributed by atoms with Gasteiger partial charge in [0.1, 0.15) is 0 Å². The van der Waals surface area contributed by atoms with E-state index in [1.165, 1.54) is 0 Å². The molecule has 54 valence electrons. The van der Waals surface area contributed by atoms with Crippen LogP contribution < -0.4 is 0 Å². The summed E-state index contributed by atoms with van der Waals surface area (Å²) in [6, 6.07) is 0. The first-order chi connectivity index (χ1) is 4.22. The topological polar surface area (TPSA) is 9.23 Å². The molecule has 1 atom stereocenters. The summed E-state index contributed by atoms with van der Waals surface area (Å²) in [5.41, 5.74) is 1.12. The van der Waals surface area contributed by atoms with E-state index in [1.807, 2.05) is 13.8 Å². The number of hydrogen-bond donors (Lipinski definition) is 0. The summed E-state index contributed by atoms with van der Waals surface area (Å²) in [6.45, 7) is 10.7. The molecule has 0 amide bonds. The summed E-state index contributed by atoms with van der Waals surface area (Å²) in [5, 5.41) is 0. The molecule has 1 heteroatoms. The first-order valence-corrected chi connectivity index (χ1v) is 3.49. The predicted molar refractivity (Wildman–Crippen MR) is 40.5 cm³/mol. The van der Waals surface area contributed by atoms with E-state index in [-0.39, 0.29) is 6.10 Å². The van der Waals surface area contributed by atoms with Crippen molar-refractivity contribution in [2.45, 2.75) is 33.3 Å². The van der Waals surface area contributed by atoms with Crippen molar-refractivity contribution in [2.75, 3.05) is 6.61 Å². The average molecular weight is 128 g/mol. The second-order valence-corrected chi connectivity index (χ2v) is 2.20. The first kappa shape index (κ1) is 8.70. The highest BCUT2D eigenvalue weighted by Gasteiger charge is 2.03. The van der Waals surface area contributed by atoms with Gasteiger partial charge < -0.3 is 4.74 Å². The van der Waals surface area contributed by atoms with Gasteiger partial charge in [-0.2, -0.15) is 0 Å². The Morgan fingerprint density at radius 1 is 1.56 bits per heavy atom. The van der Waals surface area contributed by atoms with Gasteiger partial charge in [-0.05, 0) is 20.3 Å². The Balaban J connectivity index is 3.54. The van der Waals surface area contributed by atoms with E-state index < -0.39 is 0 Å². The third-order valence-electron chi connectivity index (χ3n) is 1.29. The minimum Gasteiger partial charge on any atom is -0.374 e. The lowest BCUT2D eigenvalue weighted by molar-refractivity contribution is 0.0860. The summed E-state index contributed by atoms with van der Waals surface area (Å²) in [4.78, 5) is 0. The molecule has 0 fully saturated rings. The lowest BCUT2D eigenvalue weighted by Crippen LogP contribution is -2.11. The second-order valence-electron chi connectivity index (χ2n) is 2.20. The van der Waals surface area contributed by atoms with Gasteiger partial charge in [-0.25, -0.2) is 0 Å². The quantitative estimate of drug-likeness (QED) is 0.528. The minimum atomic E-state index is 0.273. The molecule has 0 aliphatic heterocycles. The van der Waals surface area contributed by atoms with Gasteiger partial charge in [-0.3, -0.25) is 0 Å². The highest BCUT2D eigenvalue weighted by molar-refractivity contribution is 4.96. The summed E-state index contributed by atoms with van der Waals surface area (Å²) < 4.78 is 5.35. The van der Waals surface area contributed by atoms with Crippen LogP contribution in [0.15, 0.2) is 12.2 Å². The van der Waals surface area contributed by atoms with Crippen LogP contribution in [0.5, 0.6) is 0 Å². The smallest absolute Gasteiger partial charge is 0.0776 e.